The quantitative estimate of drug-likeness (QED) is 0.442. The van der Waals surface area contributed by atoms with E-state index in [-0.39, 0.29) is 12.3 Å². The first kappa shape index (κ1) is 27.1. The summed E-state index contributed by atoms with van der Waals surface area (Å²) in [5, 5.41) is 15.1. The Morgan fingerprint density at radius 1 is 0.882 bits per heavy atom. The highest BCUT2D eigenvalue weighted by atomic mass is 16.5. The summed E-state index contributed by atoms with van der Waals surface area (Å²) in [6.07, 6.45) is 0.918. The van der Waals surface area contributed by atoms with Crippen molar-refractivity contribution in [1.29, 1.82) is 0 Å². The average Bonchev–Trinajstić information content (AvgIpc) is 2.78. The number of nitrogens with one attached hydrogen (secondary N) is 2. The molecule has 0 bridgehead atoms. The van der Waals surface area contributed by atoms with E-state index in [0.717, 1.165) is 11.1 Å². The molecule has 184 valence electrons. The fourth-order valence-corrected chi connectivity index (χ4v) is 3.65. The lowest BCUT2D eigenvalue weighted by atomic mass is 10.0. The maximum Gasteiger partial charge on any atom is 0.328 e. The fraction of sp³-hybridized carbons (Fsp3) is 0.444. The summed E-state index contributed by atoms with van der Waals surface area (Å²) in [6.45, 7) is 7.07. The van der Waals surface area contributed by atoms with Gasteiger partial charge in [-0.3, -0.25) is 9.59 Å². The number of carbonyl (C=O) groups excluding carboxylic acids is 2. The Morgan fingerprint density at radius 2 is 1.41 bits per heavy atom. The summed E-state index contributed by atoms with van der Waals surface area (Å²) < 4.78 is 5.76. The zero-order valence-corrected chi connectivity index (χ0v) is 20.4. The lowest BCUT2D eigenvalue weighted by Crippen LogP contribution is -2.56. The second kappa shape index (κ2) is 12.9. The van der Waals surface area contributed by atoms with Gasteiger partial charge in [0.05, 0.1) is 11.7 Å². The van der Waals surface area contributed by atoms with E-state index in [2.05, 4.69) is 10.6 Å². The van der Waals surface area contributed by atoms with E-state index in [9.17, 15) is 19.5 Å². The molecule has 7 nitrogen and oxygen atoms in total. The number of benzene rings is 2. The third kappa shape index (κ3) is 9.75. The highest BCUT2D eigenvalue weighted by Crippen LogP contribution is 2.14. The van der Waals surface area contributed by atoms with Gasteiger partial charge < -0.3 is 20.5 Å². The maximum absolute atomic E-state index is 13.1. The van der Waals surface area contributed by atoms with Crippen molar-refractivity contribution in [2.75, 3.05) is 0 Å². The van der Waals surface area contributed by atoms with Gasteiger partial charge in [-0.2, -0.15) is 0 Å². The first-order valence-corrected chi connectivity index (χ1v) is 11.6. The van der Waals surface area contributed by atoms with Crippen molar-refractivity contribution in [1.82, 2.24) is 10.6 Å². The molecule has 3 N–H and O–H groups in total. The molecule has 0 heterocycles. The summed E-state index contributed by atoms with van der Waals surface area (Å²) in [7, 11) is 0. The smallest absolute Gasteiger partial charge is 0.328 e. The third-order valence-corrected chi connectivity index (χ3v) is 5.27. The van der Waals surface area contributed by atoms with Gasteiger partial charge >= 0.3 is 5.97 Å². The number of ether oxygens (including phenoxy) is 1. The van der Waals surface area contributed by atoms with Crippen LogP contribution >= 0.6 is 0 Å². The van der Waals surface area contributed by atoms with E-state index in [1.54, 1.807) is 6.92 Å². The molecular formula is C27H36N2O5. The monoisotopic (exact) mass is 468 g/mol. The highest BCUT2D eigenvalue weighted by Gasteiger charge is 2.32. The number of carbonyl (C=O) groups is 3. The number of rotatable bonds is 12. The first-order chi connectivity index (χ1) is 16.0. The van der Waals surface area contributed by atoms with Gasteiger partial charge in [0.2, 0.25) is 11.8 Å². The third-order valence-electron chi connectivity index (χ3n) is 5.27. The predicted octanol–water partition coefficient (Wildman–Crippen LogP) is 3.51. The van der Waals surface area contributed by atoms with Crippen LogP contribution in [0.15, 0.2) is 60.7 Å². The molecular weight excluding hydrogens is 432 g/mol. The van der Waals surface area contributed by atoms with Crippen molar-refractivity contribution in [2.24, 2.45) is 0 Å². The van der Waals surface area contributed by atoms with Gasteiger partial charge in [-0.1, -0.05) is 60.7 Å². The van der Waals surface area contributed by atoms with Crippen LogP contribution in [-0.4, -0.2) is 46.7 Å². The first-order valence-electron chi connectivity index (χ1n) is 11.6. The van der Waals surface area contributed by atoms with Crippen LogP contribution in [0.25, 0.3) is 0 Å². The minimum Gasteiger partial charge on any atom is -0.480 e. The van der Waals surface area contributed by atoms with Crippen LogP contribution in [0.5, 0.6) is 0 Å². The summed E-state index contributed by atoms with van der Waals surface area (Å²) in [4.78, 5) is 37.6. The Balaban J connectivity index is 2.08. The Labute approximate surface area is 201 Å². The van der Waals surface area contributed by atoms with Crippen LogP contribution in [-0.2, 0) is 32.0 Å². The molecule has 2 rings (SSSR count). The van der Waals surface area contributed by atoms with Crippen LogP contribution in [0.1, 0.15) is 51.7 Å². The van der Waals surface area contributed by atoms with Crippen LogP contribution in [0.3, 0.4) is 0 Å². The van der Waals surface area contributed by atoms with Crippen LogP contribution < -0.4 is 10.6 Å². The van der Waals surface area contributed by atoms with Crippen molar-refractivity contribution >= 4 is 17.8 Å². The maximum atomic E-state index is 13.1. The molecule has 0 aromatic heterocycles. The van der Waals surface area contributed by atoms with Gasteiger partial charge in [0.1, 0.15) is 6.04 Å². The van der Waals surface area contributed by atoms with Gasteiger partial charge in [0.15, 0.2) is 6.04 Å². The van der Waals surface area contributed by atoms with E-state index in [1.807, 2.05) is 81.4 Å². The molecule has 2 aromatic carbocycles. The van der Waals surface area contributed by atoms with Crippen molar-refractivity contribution in [2.45, 2.75) is 77.2 Å². The Morgan fingerprint density at radius 3 is 1.91 bits per heavy atom. The largest absolute Gasteiger partial charge is 0.480 e. The average molecular weight is 469 g/mol. The standard InChI is InChI=1S/C27H36N2O5/c1-19(34-27(2,3)4)24(26(32)33)29-25(31)22(17-15-20-11-7-5-8-12-20)28-23(30)18-16-21-13-9-6-10-14-21/h5-14,19,22,24H,15-18H2,1-4H3,(H,28,30)(H,29,31)(H,32,33)/t19-,22+,24+/m1/s1. The Hall–Kier alpha value is -3.19. The summed E-state index contributed by atoms with van der Waals surface area (Å²) in [5.74, 6) is -1.99. The number of hydrogen-bond acceptors (Lipinski definition) is 4. The zero-order chi connectivity index (χ0) is 25.1. The number of carboxylic acids is 1. The van der Waals surface area contributed by atoms with Gasteiger partial charge in [0.25, 0.3) is 0 Å². The number of aryl methyl sites for hydroxylation is 2. The lowest BCUT2D eigenvalue weighted by Gasteiger charge is -2.30. The van der Waals surface area contributed by atoms with Crippen LogP contribution in [0, 0.1) is 0 Å². The molecule has 0 unspecified atom stereocenters. The Bertz CT molecular complexity index is 925. The van der Waals surface area contributed by atoms with Crippen molar-refractivity contribution < 1.29 is 24.2 Å². The minimum atomic E-state index is -1.24. The van der Waals surface area contributed by atoms with Gasteiger partial charge in [-0.05, 0) is 58.1 Å². The fourth-order valence-electron chi connectivity index (χ4n) is 3.65. The molecule has 0 spiro atoms. The predicted molar refractivity (Wildman–Crippen MR) is 131 cm³/mol. The molecule has 0 radical (unpaired) electrons. The Kier molecular flexibility index (Phi) is 10.3. The van der Waals surface area contributed by atoms with E-state index < -0.39 is 35.7 Å². The molecule has 0 aliphatic rings. The zero-order valence-electron chi connectivity index (χ0n) is 20.4. The molecule has 34 heavy (non-hydrogen) atoms. The second-order valence-corrected chi connectivity index (χ2v) is 9.39. The van der Waals surface area contributed by atoms with Crippen molar-refractivity contribution in [3.63, 3.8) is 0 Å². The summed E-state index contributed by atoms with van der Waals surface area (Å²) in [5.41, 5.74) is 1.48. The molecule has 0 fully saturated rings. The molecule has 0 saturated carbocycles. The van der Waals surface area contributed by atoms with Gasteiger partial charge in [-0.25, -0.2) is 4.79 Å². The lowest BCUT2D eigenvalue weighted by molar-refractivity contribution is -0.150. The molecule has 7 heteroatoms. The van der Waals surface area contributed by atoms with Crippen molar-refractivity contribution in [3.8, 4) is 0 Å². The topological polar surface area (TPSA) is 105 Å². The van der Waals surface area contributed by atoms with Crippen LogP contribution in [0.4, 0.5) is 0 Å². The molecule has 2 aromatic rings. The number of amides is 2. The minimum absolute atomic E-state index is 0.227. The summed E-state index contributed by atoms with van der Waals surface area (Å²) >= 11 is 0. The van der Waals surface area contributed by atoms with E-state index in [0.29, 0.717) is 19.3 Å². The van der Waals surface area contributed by atoms with Gasteiger partial charge in [0, 0.05) is 6.42 Å². The molecule has 0 aliphatic heterocycles. The number of hydrogen-bond donors (Lipinski definition) is 3. The van der Waals surface area contributed by atoms with Crippen LogP contribution in [0.2, 0.25) is 0 Å². The molecule has 3 atom stereocenters. The van der Waals surface area contributed by atoms with E-state index >= 15 is 0 Å². The second-order valence-electron chi connectivity index (χ2n) is 9.39. The normalized spacial score (nSPS) is 14.0. The highest BCUT2D eigenvalue weighted by molar-refractivity contribution is 5.90. The molecule has 2 amide bonds. The molecule has 0 saturated heterocycles. The SMILES string of the molecule is C[C@@H](OC(C)(C)C)[C@H](NC(=O)[C@H](CCc1ccccc1)NC(=O)CCc1ccccc1)C(=O)O. The number of carboxylic acid groups (broad SMARTS) is 1. The summed E-state index contributed by atoms with van der Waals surface area (Å²) in [6, 6.07) is 17.2. The van der Waals surface area contributed by atoms with E-state index in [1.165, 1.54) is 0 Å². The van der Waals surface area contributed by atoms with Gasteiger partial charge in [-0.15, -0.1) is 0 Å². The van der Waals surface area contributed by atoms with E-state index in [4.69, 9.17) is 4.74 Å². The molecule has 0 aliphatic carbocycles. The number of aliphatic carboxylic acids is 1. The van der Waals surface area contributed by atoms with Crippen molar-refractivity contribution in [3.05, 3.63) is 71.8 Å².